The van der Waals surface area contributed by atoms with E-state index in [9.17, 15) is 9.59 Å². The number of nitrogens with one attached hydrogen (secondary N) is 2. The third kappa shape index (κ3) is 5.09. The summed E-state index contributed by atoms with van der Waals surface area (Å²) in [6, 6.07) is 15.1. The Morgan fingerprint density at radius 1 is 0.958 bits per heavy atom. The van der Waals surface area contributed by atoms with Gasteiger partial charge < -0.3 is 10.6 Å². The lowest BCUT2D eigenvalue weighted by Gasteiger charge is -2.12. The van der Waals surface area contributed by atoms with Gasteiger partial charge in [-0.05, 0) is 41.3 Å². The Kier molecular flexibility index (Phi) is 5.90. The summed E-state index contributed by atoms with van der Waals surface area (Å²) in [7, 11) is 0. The molecule has 2 N–H and O–H groups in total. The van der Waals surface area contributed by atoms with Gasteiger partial charge in [-0.15, -0.1) is 0 Å². The van der Waals surface area contributed by atoms with Gasteiger partial charge in [0.05, 0.1) is 0 Å². The number of hydrogen-bond donors (Lipinski definition) is 2. The van der Waals surface area contributed by atoms with Gasteiger partial charge in [-0.2, -0.15) is 0 Å². The molecular weight excluding hydrogens is 300 g/mol. The van der Waals surface area contributed by atoms with E-state index in [0.717, 1.165) is 22.5 Å². The van der Waals surface area contributed by atoms with E-state index in [4.69, 9.17) is 0 Å². The van der Waals surface area contributed by atoms with Crippen LogP contribution in [-0.4, -0.2) is 11.8 Å². The molecule has 0 saturated heterocycles. The molecule has 0 aromatic heterocycles. The Morgan fingerprint density at radius 3 is 2.25 bits per heavy atom. The first kappa shape index (κ1) is 17.5. The Balaban J connectivity index is 2.02. The molecule has 0 aliphatic heterocycles. The van der Waals surface area contributed by atoms with Gasteiger partial charge in [0.1, 0.15) is 0 Å². The van der Waals surface area contributed by atoms with E-state index in [1.165, 1.54) is 13.0 Å². The summed E-state index contributed by atoms with van der Waals surface area (Å²) in [4.78, 5) is 23.1. The van der Waals surface area contributed by atoms with Crippen LogP contribution in [-0.2, 0) is 9.59 Å². The van der Waals surface area contributed by atoms with E-state index in [0.29, 0.717) is 5.92 Å². The second-order valence-electron chi connectivity index (χ2n) is 5.87. The SMILES string of the molecule is CC(=O)Nc1ccc(C=CC(=O)Nc2ccccc2C(C)C)cc1. The predicted molar refractivity (Wildman–Crippen MR) is 98.9 cm³/mol. The minimum Gasteiger partial charge on any atom is -0.326 e. The molecule has 0 radical (unpaired) electrons. The van der Waals surface area contributed by atoms with E-state index >= 15 is 0 Å². The molecule has 2 aromatic rings. The second kappa shape index (κ2) is 8.11. The van der Waals surface area contributed by atoms with Gasteiger partial charge in [0, 0.05) is 24.4 Å². The second-order valence-corrected chi connectivity index (χ2v) is 5.87. The highest BCUT2D eigenvalue weighted by Gasteiger charge is 2.07. The van der Waals surface area contributed by atoms with Gasteiger partial charge in [0.2, 0.25) is 11.8 Å². The van der Waals surface area contributed by atoms with E-state index in [1.54, 1.807) is 18.2 Å². The summed E-state index contributed by atoms with van der Waals surface area (Å²) < 4.78 is 0. The van der Waals surface area contributed by atoms with Gasteiger partial charge in [-0.1, -0.05) is 44.2 Å². The molecule has 0 unspecified atom stereocenters. The lowest BCUT2D eigenvalue weighted by Crippen LogP contribution is -2.10. The predicted octanol–water partition coefficient (Wildman–Crippen LogP) is 4.42. The molecule has 0 fully saturated rings. The molecule has 4 heteroatoms. The number of benzene rings is 2. The fourth-order valence-corrected chi connectivity index (χ4v) is 2.34. The van der Waals surface area contributed by atoms with Crippen LogP contribution in [0.25, 0.3) is 6.08 Å². The van der Waals surface area contributed by atoms with E-state index in [1.807, 2.05) is 36.4 Å². The summed E-state index contributed by atoms with van der Waals surface area (Å²) in [5, 5.41) is 5.62. The first-order valence-corrected chi connectivity index (χ1v) is 7.91. The van der Waals surface area contributed by atoms with Crippen molar-refractivity contribution in [3.05, 3.63) is 65.7 Å². The molecule has 0 aliphatic carbocycles. The standard InChI is InChI=1S/C20H22N2O2/c1-14(2)18-6-4-5-7-19(18)22-20(24)13-10-16-8-11-17(12-9-16)21-15(3)23/h4-14H,1-3H3,(H,21,23)(H,22,24). The van der Waals surface area contributed by atoms with E-state index < -0.39 is 0 Å². The zero-order chi connectivity index (χ0) is 17.5. The van der Waals surface area contributed by atoms with Crippen LogP contribution in [0.15, 0.2) is 54.6 Å². The van der Waals surface area contributed by atoms with Crippen LogP contribution in [0.1, 0.15) is 37.8 Å². The molecule has 0 bridgehead atoms. The zero-order valence-corrected chi connectivity index (χ0v) is 14.2. The summed E-state index contributed by atoms with van der Waals surface area (Å²) in [6.45, 7) is 5.65. The number of hydrogen-bond acceptors (Lipinski definition) is 2. The van der Waals surface area contributed by atoms with Crippen LogP contribution in [0.4, 0.5) is 11.4 Å². The highest BCUT2D eigenvalue weighted by atomic mass is 16.2. The maximum absolute atomic E-state index is 12.1. The van der Waals surface area contributed by atoms with Crippen molar-refractivity contribution >= 4 is 29.3 Å². The quantitative estimate of drug-likeness (QED) is 0.801. The van der Waals surface area contributed by atoms with Crippen molar-refractivity contribution < 1.29 is 9.59 Å². The fourth-order valence-electron chi connectivity index (χ4n) is 2.34. The Labute approximate surface area is 142 Å². The molecule has 0 spiro atoms. The molecule has 2 aromatic carbocycles. The topological polar surface area (TPSA) is 58.2 Å². The number of carbonyl (C=O) groups excluding carboxylic acids is 2. The van der Waals surface area contributed by atoms with Crippen LogP contribution in [0.2, 0.25) is 0 Å². The van der Waals surface area contributed by atoms with Crippen molar-refractivity contribution in [1.29, 1.82) is 0 Å². The van der Waals surface area contributed by atoms with Crippen LogP contribution in [0.3, 0.4) is 0 Å². The summed E-state index contributed by atoms with van der Waals surface area (Å²) >= 11 is 0. The number of para-hydroxylation sites is 1. The summed E-state index contributed by atoms with van der Waals surface area (Å²) in [6.07, 6.45) is 3.25. The first-order chi connectivity index (χ1) is 11.5. The molecule has 2 amide bonds. The van der Waals surface area contributed by atoms with Crippen molar-refractivity contribution in [2.45, 2.75) is 26.7 Å². The third-order valence-corrected chi connectivity index (χ3v) is 3.50. The summed E-state index contributed by atoms with van der Waals surface area (Å²) in [5.41, 5.74) is 3.56. The first-order valence-electron chi connectivity index (χ1n) is 7.91. The van der Waals surface area contributed by atoms with Crippen LogP contribution < -0.4 is 10.6 Å². The van der Waals surface area contributed by atoms with Crippen LogP contribution in [0, 0.1) is 0 Å². The van der Waals surface area contributed by atoms with Gasteiger partial charge in [-0.25, -0.2) is 0 Å². The largest absolute Gasteiger partial charge is 0.326 e. The minimum atomic E-state index is -0.172. The van der Waals surface area contributed by atoms with Gasteiger partial charge in [0.25, 0.3) is 0 Å². The number of carbonyl (C=O) groups is 2. The fraction of sp³-hybridized carbons (Fsp3) is 0.200. The number of anilines is 2. The molecular formula is C20H22N2O2. The lowest BCUT2D eigenvalue weighted by atomic mass is 10.0. The zero-order valence-electron chi connectivity index (χ0n) is 14.2. The van der Waals surface area contributed by atoms with Gasteiger partial charge in [-0.3, -0.25) is 9.59 Å². The highest BCUT2D eigenvalue weighted by Crippen LogP contribution is 2.23. The average Bonchev–Trinajstić information content (AvgIpc) is 2.54. The van der Waals surface area contributed by atoms with Crippen molar-refractivity contribution in [3.63, 3.8) is 0 Å². The smallest absolute Gasteiger partial charge is 0.248 e. The number of amides is 2. The average molecular weight is 322 g/mol. The maximum atomic E-state index is 12.1. The van der Waals surface area contributed by atoms with Crippen molar-refractivity contribution in [2.24, 2.45) is 0 Å². The normalized spacial score (nSPS) is 10.8. The molecule has 24 heavy (non-hydrogen) atoms. The molecule has 0 heterocycles. The van der Waals surface area contributed by atoms with Crippen molar-refractivity contribution in [1.82, 2.24) is 0 Å². The molecule has 0 saturated carbocycles. The monoisotopic (exact) mass is 322 g/mol. The molecule has 0 atom stereocenters. The Morgan fingerprint density at radius 2 is 1.62 bits per heavy atom. The van der Waals surface area contributed by atoms with Crippen molar-refractivity contribution in [2.75, 3.05) is 10.6 Å². The molecule has 0 aliphatic rings. The summed E-state index contributed by atoms with van der Waals surface area (Å²) in [5.74, 6) is 0.0577. The van der Waals surface area contributed by atoms with Crippen molar-refractivity contribution in [3.8, 4) is 0 Å². The highest BCUT2D eigenvalue weighted by molar-refractivity contribution is 6.02. The van der Waals surface area contributed by atoms with Crippen LogP contribution >= 0.6 is 0 Å². The third-order valence-electron chi connectivity index (χ3n) is 3.50. The van der Waals surface area contributed by atoms with Gasteiger partial charge >= 0.3 is 0 Å². The van der Waals surface area contributed by atoms with Crippen LogP contribution in [0.5, 0.6) is 0 Å². The van der Waals surface area contributed by atoms with E-state index in [-0.39, 0.29) is 11.8 Å². The number of rotatable bonds is 5. The molecule has 124 valence electrons. The maximum Gasteiger partial charge on any atom is 0.248 e. The molecule has 4 nitrogen and oxygen atoms in total. The van der Waals surface area contributed by atoms with E-state index in [2.05, 4.69) is 24.5 Å². The Bertz CT molecular complexity index is 746. The Hall–Kier alpha value is -2.88. The lowest BCUT2D eigenvalue weighted by molar-refractivity contribution is -0.114. The van der Waals surface area contributed by atoms with Gasteiger partial charge in [0.15, 0.2) is 0 Å². The molecule has 2 rings (SSSR count). The minimum absolute atomic E-state index is 0.110.